The summed E-state index contributed by atoms with van der Waals surface area (Å²) in [7, 11) is 0. The van der Waals surface area contributed by atoms with Gasteiger partial charge in [0, 0.05) is 17.3 Å². The van der Waals surface area contributed by atoms with Crippen LogP contribution in [0, 0.1) is 0 Å². The van der Waals surface area contributed by atoms with Gasteiger partial charge in [0.15, 0.2) is 0 Å². The van der Waals surface area contributed by atoms with E-state index in [-0.39, 0.29) is 0 Å². The first-order valence-corrected chi connectivity index (χ1v) is 6.83. The molecule has 0 radical (unpaired) electrons. The maximum absolute atomic E-state index is 5.51. The van der Waals surface area contributed by atoms with Crippen LogP contribution in [0.4, 0.5) is 5.69 Å². The SMILES string of the molecule is c1coc(-c2ccccc2NC2CCCCC2)c1. The van der Waals surface area contributed by atoms with Crippen molar-refractivity contribution in [2.45, 2.75) is 38.1 Å². The summed E-state index contributed by atoms with van der Waals surface area (Å²) in [4.78, 5) is 0. The molecule has 94 valence electrons. The lowest BCUT2D eigenvalue weighted by Gasteiger charge is -2.24. The van der Waals surface area contributed by atoms with Gasteiger partial charge in [0.05, 0.1) is 6.26 Å². The molecule has 0 amide bonds. The van der Waals surface area contributed by atoms with Gasteiger partial charge in [0.1, 0.15) is 5.76 Å². The zero-order valence-corrected chi connectivity index (χ0v) is 10.6. The van der Waals surface area contributed by atoms with Crippen molar-refractivity contribution in [2.75, 3.05) is 5.32 Å². The summed E-state index contributed by atoms with van der Waals surface area (Å²) in [6.07, 6.45) is 8.38. The molecular formula is C16H19NO. The molecule has 0 spiro atoms. The van der Waals surface area contributed by atoms with Gasteiger partial charge in [-0.15, -0.1) is 0 Å². The first kappa shape index (κ1) is 11.4. The molecule has 1 aromatic carbocycles. The molecule has 1 aromatic heterocycles. The molecule has 0 aliphatic heterocycles. The number of nitrogens with one attached hydrogen (secondary N) is 1. The van der Waals surface area contributed by atoms with Crippen LogP contribution in [0.5, 0.6) is 0 Å². The maximum atomic E-state index is 5.51. The van der Waals surface area contributed by atoms with E-state index in [0.29, 0.717) is 6.04 Å². The number of para-hydroxylation sites is 1. The van der Waals surface area contributed by atoms with Crippen molar-refractivity contribution in [3.8, 4) is 11.3 Å². The average Bonchev–Trinajstić information content (AvgIpc) is 2.94. The third-order valence-corrected chi connectivity index (χ3v) is 3.68. The Kier molecular flexibility index (Phi) is 3.35. The molecule has 2 aromatic rings. The number of anilines is 1. The smallest absolute Gasteiger partial charge is 0.135 e. The normalized spacial score (nSPS) is 16.7. The van der Waals surface area contributed by atoms with Gasteiger partial charge in [0.2, 0.25) is 0 Å². The fourth-order valence-corrected chi connectivity index (χ4v) is 2.72. The molecule has 1 saturated carbocycles. The Morgan fingerprint density at radius 2 is 1.78 bits per heavy atom. The molecule has 0 saturated heterocycles. The fourth-order valence-electron chi connectivity index (χ4n) is 2.72. The van der Waals surface area contributed by atoms with Crippen LogP contribution in [-0.4, -0.2) is 6.04 Å². The topological polar surface area (TPSA) is 25.2 Å². The van der Waals surface area contributed by atoms with Crippen molar-refractivity contribution >= 4 is 5.69 Å². The van der Waals surface area contributed by atoms with Gasteiger partial charge in [-0.3, -0.25) is 0 Å². The zero-order chi connectivity index (χ0) is 12.2. The Balaban J connectivity index is 1.83. The van der Waals surface area contributed by atoms with Crippen molar-refractivity contribution in [2.24, 2.45) is 0 Å². The summed E-state index contributed by atoms with van der Waals surface area (Å²) in [6.45, 7) is 0. The average molecular weight is 241 g/mol. The molecule has 1 aliphatic carbocycles. The molecule has 1 aliphatic rings. The van der Waals surface area contributed by atoms with E-state index in [1.54, 1.807) is 6.26 Å². The van der Waals surface area contributed by atoms with Crippen molar-refractivity contribution in [3.63, 3.8) is 0 Å². The minimum absolute atomic E-state index is 0.620. The summed E-state index contributed by atoms with van der Waals surface area (Å²) in [6, 6.07) is 13.0. The van der Waals surface area contributed by atoms with Gasteiger partial charge in [-0.2, -0.15) is 0 Å². The van der Waals surface area contributed by atoms with Gasteiger partial charge in [-0.05, 0) is 37.1 Å². The second-order valence-corrected chi connectivity index (χ2v) is 5.00. The molecule has 0 bridgehead atoms. The quantitative estimate of drug-likeness (QED) is 0.843. The molecule has 3 rings (SSSR count). The summed E-state index contributed by atoms with van der Waals surface area (Å²) in [5.74, 6) is 0.939. The Bertz CT molecular complexity index is 484. The highest BCUT2D eigenvalue weighted by molar-refractivity contribution is 5.74. The van der Waals surface area contributed by atoms with E-state index in [2.05, 4.69) is 29.6 Å². The van der Waals surface area contributed by atoms with Gasteiger partial charge in [-0.1, -0.05) is 31.4 Å². The first-order valence-electron chi connectivity index (χ1n) is 6.83. The van der Waals surface area contributed by atoms with E-state index >= 15 is 0 Å². The van der Waals surface area contributed by atoms with E-state index < -0.39 is 0 Å². The molecule has 1 heterocycles. The van der Waals surface area contributed by atoms with Crippen LogP contribution in [0.2, 0.25) is 0 Å². The third-order valence-electron chi connectivity index (χ3n) is 3.68. The standard InChI is InChI=1S/C16H19NO/c1-2-7-13(8-3-1)17-15-10-5-4-9-14(15)16-11-6-12-18-16/h4-6,9-13,17H,1-3,7-8H2. The molecule has 0 atom stereocenters. The second kappa shape index (κ2) is 5.30. The minimum atomic E-state index is 0.620. The highest BCUT2D eigenvalue weighted by atomic mass is 16.3. The van der Waals surface area contributed by atoms with Crippen LogP contribution in [0.25, 0.3) is 11.3 Å². The number of hydrogen-bond acceptors (Lipinski definition) is 2. The third kappa shape index (κ3) is 2.42. The number of furan rings is 1. The highest BCUT2D eigenvalue weighted by Crippen LogP contribution is 2.30. The molecule has 0 unspecified atom stereocenters. The van der Waals surface area contributed by atoms with Gasteiger partial charge in [0.25, 0.3) is 0 Å². The first-order chi connectivity index (χ1) is 8.93. The van der Waals surface area contributed by atoms with Crippen molar-refractivity contribution in [1.82, 2.24) is 0 Å². The van der Waals surface area contributed by atoms with Crippen LogP contribution in [0.15, 0.2) is 47.1 Å². The number of hydrogen-bond donors (Lipinski definition) is 1. The van der Waals surface area contributed by atoms with Crippen molar-refractivity contribution in [3.05, 3.63) is 42.7 Å². The molecule has 2 nitrogen and oxygen atoms in total. The van der Waals surface area contributed by atoms with Crippen LogP contribution in [-0.2, 0) is 0 Å². The van der Waals surface area contributed by atoms with Gasteiger partial charge in [-0.25, -0.2) is 0 Å². The molecule has 18 heavy (non-hydrogen) atoms. The monoisotopic (exact) mass is 241 g/mol. The number of rotatable bonds is 3. The summed E-state index contributed by atoms with van der Waals surface area (Å²) >= 11 is 0. The van der Waals surface area contributed by atoms with E-state index in [4.69, 9.17) is 4.42 Å². The predicted molar refractivity (Wildman–Crippen MR) is 74.6 cm³/mol. The molecule has 1 fully saturated rings. The van der Waals surface area contributed by atoms with Gasteiger partial charge < -0.3 is 9.73 Å². The van der Waals surface area contributed by atoms with E-state index in [1.807, 2.05) is 12.1 Å². The van der Waals surface area contributed by atoms with E-state index in [1.165, 1.54) is 37.8 Å². The Morgan fingerprint density at radius 1 is 0.944 bits per heavy atom. The zero-order valence-electron chi connectivity index (χ0n) is 10.6. The Hall–Kier alpha value is -1.70. The summed E-state index contributed by atoms with van der Waals surface area (Å²) < 4.78 is 5.51. The van der Waals surface area contributed by atoms with Crippen LogP contribution >= 0.6 is 0 Å². The molecule has 1 N–H and O–H groups in total. The molecule has 2 heteroatoms. The number of benzene rings is 1. The predicted octanol–water partition coefficient (Wildman–Crippen LogP) is 4.69. The lowest BCUT2D eigenvalue weighted by atomic mass is 9.95. The summed E-state index contributed by atoms with van der Waals surface area (Å²) in [5.41, 5.74) is 2.35. The second-order valence-electron chi connectivity index (χ2n) is 5.00. The van der Waals surface area contributed by atoms with Crippen LogP contribution in [0.1, 0.15) is 32.1 Å². The van der Waals surface area contributed by atoms with Crippen LogP contribution < -0.4 is 5.32 Å². The fraction of sp³-hybridized carbons (Fsp3) is 0.375. The Labute approximate surface area is 108 Å². The van der Waals surface area contributed by atoms with E-state index in [0.717, 1.165) is 11.3 Å². The lowest BCUT2D eigenvalue weighted by Crippen LogP contribution is -2.22. The largest absolute Gasteiger partial charge is 0.464 e. The van der Waals surface area contributed by atoms with Crippen molar-refractivity contribution in [1.29, 1.82) is 0 Å². The van der Waals surface area contributed by atoms with Crippen LogP contribution in [0.3, 0.4) is 0 Å². The maximum Gasteiger partial charge on any atom is 0.135 e. The highest BCUT2D eigenvalue weighted by Gasteiger charge is 2.15. The summed E-state index contributed by atoms with van der Waals surface area (Å²) in [5, 5.41) is 3.68. The Morgan fingerprint density at radius 3 is 2.56 bits per heavy atom. The van der Waals surface area contributed by atoms with Gasteiger partial charge >= 0.3 is 0 Å². The minimum Gasteiger partial charge on any atom is -0.464 e. The van der Waals surface area contributed by atoms with E-state index in [9.17, 15) is 0 Å². The lowest BCUT2D eigenvalue weighted by molar-refractivity contribution is 0.462. The van der Waals surface area contributed by atoms with Crippen molar-refractivity contribution < 1.29 is 4.42 Å². The molecular weight excluding hydrogens is 222 g/mol.